The molecule has 2 saturated heterocycles. The highest BCUT2D eigenvalue weighted by molar-refractivity contribution is 5.74. The van der Waals surface area contributed by atoms with Gasteiger partial charge >= 0.3 is 6.03 Å². The molecule has 2 amide bonds. The van der Waals surface area contributed by atoms with Crippen LogP contribution in [-0.2, 0) is 22.6 Å². The van der Waals surface area contributed by atoms with E-state index in [-0.39, 0.29) is 24.3 Å². The Morgan fingerprint density at radius 1 is 1.36 bits per heavy atom. The Hall–Kier alpha value is -2.38. The second-order valence-corrected chi connectivity index (χ2v) is 7.48. The van der Waals surface area contributed by atoms with Crippen molar-refractivity contribution in [2.75, 3.05) is 20.3 Å². The van der Waals surface area contributed by atoms with Crippen LogP contribution in [0.3, 0.4) is 0 Å². The molecule has 4 rings (SSSR count). The highest BCUT2D eigenvalue weighted by atomic mass is 16.5. The summed E-state index contributed by atoms with van der Waals surface area (Å²) in [6, 6.07) is 10.4. The van der Waals surface area contributed by atoms with Crippen LogP contribution in [0.2, 0.25) is 0 Å². The number of carbonyl (C=O) groups is 1. The third kappa shape index (κ3) is 4.20. The van der Waals surface area contributed by atoms with Crippen molar-refractivity contribution >= 4 is 6.03 Å². The van der Waals surface area contributed by atoms with Crippen molar-refractivity contribution in [2.24, 2.45) is 0 Å². The lowest BCUT2D eigenvalue weighted by atomic mass is 9.96. The van der Waals surface area contributed by atoms with E-state index in [1.807, 2.05) is 34.0 Å². The molecule has 0 saturated carbocycles. The second kappa shape index (κ2) is 8.75. The SMILES string of the molecule is COCCn1cc(CNC(=O)N2CCC[C@@H]3O[C@H](c4ccccc4)C[C@@H]32)cn1. The summed E-state index contributed by atoms with van der Waals surface area (Å²) in [5, 5.41) is 7.34. The molecule has 28 heavy (non-hydrogen) atoms. The molecule has 0 aliphatic carbocycles. The summed E-state index contributed by atoms with van der Waals surface area (Å²) in [4.78, 5) is 14.8. The van der Waals surface area contributed by atoms with Gasteiger partial charge in [-0.25, -0.2) is 4.79 Å². The summed E-state index contributed by atoms with van der Waals surface area (Å²) in [6.07, 6.45) is 6.79. The summed E-state index contributed by atoms with van der Waals surface area (Å²) < 4.78 is 13.2. The number of hydrogen-bond donors (Lipinski definition) is 1. The van der Waals surface area contributed by atoms with E-state index in [4.69, 9.17) is 9.47 Å². The van der Waals surface area contributed by atoms with Crippen LogP contribution >= 0.6 is 0 Å². The summed E-state index contributed by atoms with van der Waals surface area (Å²) >= 11 is 0. The number of nitrogens with one attached hydrogen (secondary N) is 1. The van der Waals surface area contributed by atoms with Crippen LogP contribution in [0.4, 0.5) is 4.79 Å². The van der Waals surface area contributed by atoms with Crippen molar-refractivity contribution in [1.29, 1.82) is 0 Å². The van der Waals surface area contributed by atoms with Crippen molar-refractivity contribution in [3.05, 3.63) is 53.9 Å². The molecule has 0 unspecified atom stereocenters. The standard InChI is InChI=1S/C21H28N4O3/c1-27-11-10-24-15-16(14-23-24)13-22-21(26)25-9-5-8-19-18(25)12-20(28-19)17-6-3-2-4-7-17/h2-4,6-7,14-15,18-20H,5,8-13H2,1H3,(H,22,26)/t18-,19-,20-/m0/s1. The first-order valence-electron chi connectivity index (χ1n) is 10.00. The topological polar surface area (TPSA) is 68.6 Å². The van der Waals surface area contributed by atoms with Crippen LogP contribution in [0.15, 0.2) is 42.7 Å². The van der Waals surface area contributed by atoms with Crippen molar-refractivity contribution in [1.82, 2.24) is 20.0 Å². The summed E-state index contributed by atoms with van der Waals surface area (Å²) in [5.41, 5.74) is 2.18. The van der Waals surface area contributed by atoms with Crippen LogP contribution in [0.1, 0.15) is 36.5 Å². The fourth-order valence-electron chi connectivity index (χ4n) is 4.16. The van der Waals surface area contributed by atoms with E-state index in [1.165, 1.54) is 5.56 Å². The molecule has 150 valence electrons. The third-order valence-corrected chi connectivity index (χ3v) is 5.60. The Kier molecular flexibility index (Phi) is 5.92. The molecule has 2 aliphatic heterocycles. The molecule has 2 aromatic rings. The van der Waals surface area contributed by atoms with Crippen molar-refractivity contribution in [2.45, 2.75) is 50.6 Å². The molecular formula is C21H28N4O3. The third-order valence-electron chi connectivity index (χ3n) is 5.60. The van der Waals surface area contributed by atoms with Crippen molar-refractivity contribution < 1.29 is 14.3 Å². The van der Waals surface area contributed by atoms with E-state index in [1.54, 1.807) is 13.3 Å². The number of benzene rings is 1. The number of methoxy groups -OCH3 is 1. The maximum atomic E-state index is 12.8. The highest BCUT2D eigenvalue weighted by Crippen LogP contribution is 2.39. The maximum Gasteiger partial charge on any atom is 0.318 e. The Balaban J connectivity index is 1.34. The molecule has 3 heterocycles. The lowest BCUT2D eigenvalue weighted by Crippen LogP contribution is -2.52. The first-order valence-corrected chi connectivity index (χ1v) is 10.00. The zero-order chi connectivity index (χ0) is 19.3. The smallest absolute Gasteiger partial charge is 0.318 e. The highest BCUT2D eigenvalue weighted by Gasteiger charge is 2.43. The number of aromatic nitrogens is 2. The lowest BCUT2D eigenvalue weighted by Gasteiger charge is -2.36. The number of nitrogens with zero attached hydrogens (tertiary/aromatic N) is 3. The van der Waals surface area contributed by atoms with Gasteiger partial charge in [-0.3, -0.25) is 4.68 Å². The summed E-state index contributed by atoms with van der Waals surface area (Å²) in [5.74, 6) is 0. The Morgan fingerprint density at radius 2 is 2.21 bits per heavy atom. The number of fused-ring (bicyclic) bond motifs is 1. The molecule has 3 atom stereocenters. The van der Waals surface area contributed by atoms with Gasteiger partial charge in [-0.2, -0.15) is 5.10 Å². The normalized spacial score (nSPS) is 24.2. The molecule has 1 N–H and O–H groups in total. The maximum absolute atomic E-state index is 12.8. The van der Waals surface area contributed by atoms with Crippen LogP contribution in [-0.4, -0.2) is 53.1 Å². The Labute approximate surface area is 165 Å². The number of hydrogen-bond acceptors (Lipinski definition) is 4. The number of rotatable bonds is 6. The van der Waals surface area contributed by atoms with Gasteiger partial charge in [0.2, 0.25) is 0 Å². The number of carbonyl (C=O) groups excluding carboxylic acids is 1. The molecule has 0 bridgehead atoms. The molecule has 0 spiro atoms. The molecule has 7 heteroatoms. The van der Waals surface area contributed by atoms with E-state index in [2.05, 4.69) is 22.5 Å². The van der Waals surface area contributed by atoms with Crippen LogP contribution in [0.25, 0.3) is 0 Å². The van der Waals surface area contributed by atoms with Crippen LogP contribution < -0.4 is 5.32 Å². The minimum Gasteiger partial charge on any atom is -0.383 e. The quantitative estimate of drug-likeness (QED) is 0.832. The molecule has 1 aromatic heterocycles. The average molecular weight is 384 g/mol. The molecular weight excluding hydrogens is 356 g/mol. The predicted molar refractivity (Wildman–Crippen MR) is 105 cm³/mol. The molecule has 2 aliphatic rings. The zero-order valence-electron chi connectivity index (χ0n) is 16.3. The Morgan fingerprint density at radius 3 is 3.04 bits per heavy atom. The first-order chi connectivity index (χ1) is 13.7. The largest absolute Gasteiger partial charge is 0.383 e. The summed E-state index contributed by atoms with van der Waals surface area (Å²) in [7, 11) is 1.67. The second-order valence-electron chi connectivity index (χ2n) is 7.48. The lowest BCUT2D eigenvalue weighted by molar-refractivity contribution is 0.00551. The minimum absolute atomic E-state index is 0.0170. The van der Waals surface area contributed by atoms with Gasteiger partial charge in [0.15, 0.2) is 0 Å². The van der Waals surface area contributed by atoms with E-state index >= 15 is 0 Å². The van der Waals surface area contributed by atoms with Crippen LogP contribution in [0, 0.1) is 0 Å². The minimum atomic E-state index is -0.0170. The molecule has 2 fully saturated rings. The van der Waals surface area contributed by atoms with Gasteiger partial charge in [-0.05, 0) is 18.4 Å². The first kappa shape index (κ1) is 19.0. The number of likely N-dealkylation sites (tertiary alicyclic amines) is 1. The van der Waals surface area contributed by atoms with Gasteiger partial charge in [0.25, 0.3) is 0 Å². The van der Waals surface area contributed by atoms with Gasteiger partial charge in [-0.1, -0.05) is 30.3 Å². The van der Waals surface area contributed by atoms with Gasteiger partial charge in [0.05, 0.1) is 37.6 Å². The van der Waals surface area contributed by atoms with Crippen LogP contribution in [0.5, 0.6) is 0 Å². The van der Waals surface area contributed by atoms with Gasteiger partial charge in [0, 0.05) is 38.4 Å². The fraction of sp³-hybridized carbons (Fsp3) is 0.524. The molecule has 0 radical (unpaired) electrons. The summed E-state index contributed by atoms with van der Waals surface area (Å²) in [6.45, 7) is 2.58. The zero-order valence-corrected chi connectivity index (χ0v) is 16.3. The van der Waals surface area contributed by atoms with Crippen molar-refractivity contribution in [3.8, 4) is 0 Å². The molecule has 1 aromatic carbocycles. The van der Waals surface area contributed by atoms with Crippen molar-refractivity contribution in [3.63, 3.8) is 0 Å². The average Bonchev–Trinajstić information content (AvgIpc) is 3.37. The van der Waals surface area contributed by atoms with E-state index in [0.717, 1.165) is 31.4 Å². The Bertz CT molecular complexity index is 779. The number of urea groups is 1. The predicted octanol–water partition coefficient (Wildman–Crippen LogP) is 2.73. The van der Waals surface area contributed by atoms with Gasteiger partial charge in [0.1, 0.15) is 0 Å². The fourth-order valence-corrected chi connectivity index (χ4v) is 4.16. The van der Waals surface area contributed by atoms with Gasteiger partial charge in [-0.15, -0.1) is 0 Å². The molecule has 7 nitrogen and oxygen atoms in total. The van der Waals surface area contributed by atoms with E-state index < -0.39 is 0 Å². The monoisotopic (exact) mass is 384 g/mol. The van der Waals surface area contributed by atoms with E-state index in [0.29, 0.717) is 19.7 Å². The van der Waals surface area contributed by atoms with Gasteiger partial charge < -0.3 is 19.7 Å². The number of ether oxygens (including phenoxy) is 2. The number of piperidine rings is 1. The van der Waals surface area contributed by atoms with E-state index in [9.17, 15) is 4.79 Å². The number of amides is 2.